The van der Waals surface area contributed by atoms with E-state index in [0.717, 1.165) is 18.5 Å². The number of hydrogen-bond acceptors (Lipinski definition) is 4. The molecule has 3 rings (SSSR count). The van der Waals surface area contributed by atoms with Crippen LogP contribution in [-0.2, 0) is 4.79 Å². The third-order valence-electron chi connectivity index (χ3n) is 3.37. The summed E-state index contributed by atoms with van der Waals surface area (Å²) in [7, 11) is 0. The maximum Gasteiger partial charge on any atom is 0.264 e. The van der Waals surface area contributed by atoms with Crippen LogP contribution in [-0.4, -0.2) is 17.7 Å². The molecule has 0 aliphatic carbocycles. The predicted molar refractivity (Wildman–Crippen MR) is 125 cm³/mol. The van der Waals surface area contributed by atoms with Gasteiger partial charge in [0.25, 0.3) is 5.91 Å². The van der Waals surface area contributed by atoms with Crippen LogP contribution in [0, 0.1) is 13.0 Å². The van der Waals surface area contributed by atoms with E-state index in [4.69, 9.17) is 4.74 Å². The van der Waals surface area contributed by atoms with Crippen molar-refractivity contribution in [2.24, 2.45) is 4.99 Å². The van der Waals surface area contributed by atoms with E-state index in [1.807, 2.05) is 18.2 Å². The highest BCUT2D eigenvalue weighted by atomic mass is 127. The molecule has 1 aliphatic heterocycles. The van der Waals surface area contributed by atoms with Crippen LogP contribution in [0.4, 0.5) is 10.1 Å². The summed E-state index contributed by atoms with van der Waals surface area (Å²) in [4.78, 5) is 17.1. The monoisotopic (exact) mass is 606 g/mol. The summed E-state index contributed by atoms with van der Waals surface area (Å²) in [5, 5.41) is 3.19. The van der Waals surface area contributed by atoms with E-state index in [1.165, 1.54) is 23.9 Å². The van der Waals surface area contributed by atoms with Gasteiger partial charge in [-0.25, -0.2) is 9.38 Å². The molecular formula is C19H13FI2N2O2S. The van der Waals surface area contributed by atoms with Gasteiger partial charge in [0.15, 0.2) is 5.17 Å². The van der Waals surface area contributed by atoms with Crippen LogP contribution in [0.2, 0.25) is 0 Å². The van der Waals surface area contributed by atoms with Crippen LogP contribution in [0.25, 0.3) is 6.08 Å². The summed E-state index contributed by atoms with van der Waals surface area (Å²) < 4.78 is 20.6. The maximum absolute atomic E-state index is 13.0. The largest absolute Gasteiger partial charge is 0.487 e. The molecule has 0 bridgehead atoms. The third-order valence-corrected chi connectivity index (χ3v) is 5.88. The molecule has 1 heterocycles. The number of hydrogen-bond donors (Lipinski definition) is 1. The summed E-state index contributed by atoms with van der Waals surface area (Å²) in [6.45, 7) is 4.09. The quantitative estimate of drug-likeness (QED) is 0.279. The number of aliphatic imine (C=N–C) groups is 1. The van der Waals surface area contributed by atoms with Crippen molar-refractivity contribution in [1.29, 1.82) is 0 Å². The molecule has 138 valence electrons. The minimum absolute atomic E-state index is 0.210. The smallest absolute Gasteiger partial charge is 0.264 e. The highest BCUT2D eigenvalue weighted by Gasteiger charge is 2.24. The van der Waals surface area contributed by atoms with E-state index in [0.29, 0.717) is 22.4 Å². The van der Waals surface area contributed by atoms with Gasteiger partial charge in [-0.2, -0.15) is 0 Å². The molecule has 0 saturated carbocycles. The number of rotatable bonds is 5. The number of nitrogens with one attached hydrogen (secondary N) is 1. The fourth-order valence-electron chi connectivity index (χ4n) is 2.21. The molecule has 1 aliphatic rings. The van der Waals surface area contributed by atoms with Crippen molar-refractivity contribution in [3.63, 3.8) is 0 Å². The van der Waals surface area contributed by atoms with Crippen LogP contribution in [0.5, 0.6) is 5.75 Å². The Bertz CT molecular complexity index is 936. The molecule has 2 aromatic rings. The van der Waals surface area contributed by atoms with Gasteiger partial charge in [-0.15, -0.1) is 0 Å². The minimum atomic E-state index is -0.327. The summed E-state index contributed by atoms with van der Waals surface area (Å²) in [6.07, 6.45) is 3.51. The third kappa shape index (κ3) is 5.32. The molecule has 0 spiro atoms. The van der Waals surface area contributed by atoms with Crippen LogP contribution in [0.15, 0.2) is 59.0 Å². The Labute approximate surface area is 187 Å². The van der Waals surface area contributed by atoms with Gasteiger partial charge in [0.2, 0.25) is 0 Å². The van der Waals surface area contributed by atoms with Crippen molar-refractivity contribution in [2.45, 2.75) is 0 Å². The van der Waals surface area contributed by atoms with E-state index >= 15 is 0 Å². The first kappa shape index (κ1) is 20.3. The summed E-state index contributed by atoms with van der Waals surface area (Å²) in [5.74, 6) is 0.269. The van der Waals surface area contributed by atoms with E-state index in [-0.39, 0.29) is 11.7 Å². The average Bonchev–Trinajstić information content (AvgIpc) is 2.95. The number of halogens is 3. The Kier molecular flexibility index (Phi) is 6.93. The molecular weight excluding hydrogens is 593 g/mol. The van der Waals surface area contributed by atoms with Crippen molar-refractivity contribution in [3.05, 3.63) is 72.5 Å². The Balaban J connectivity index is 1.82. The van der Waals surface area contributed by atoms with Crippen LogP contribution in [0.3, 0.4) is 0 Å². The number of carbonyl (C=O) groups is 1. The van der Waals surface area contributed by atoms with Gasteiger partial charge < -0.3 is 10.1 Å². The first-order chi connectivity index (χ1) is 13.0. The molecule has 0 unspecified atom stereocenters. The summed E-state index contributed by atoms with van der Waals surface area (Å²) in [6, 6.07) is 9.69. The number of thioether (sulfide) groups is 1. The van der Waals surface area contributed by atoms with Gasteiger partial charge >= 0.3 is 0 Å². The Morgan fingerprint density at radius 2 is 1.89 bits per heavy atom. The van der Waals surface area contributed by atoms with E-state index in [2.05, 4.69) is 62.1 Å². The fraction of sp³-hybridized carbons (Fsp3) is 0.0526. The predicted octanol–water partition coefficient (Wildman–Crippen LogP) is 5.49. The molecule has 0 aromatic heterocycles. The number of benzene rings is 2. The van der Waals surface area contributed by atoms with Crippen LogP contribution < -0.4 is 10.1 Å². The first-order valence-corrected chi connectivity index (χ1v) is 10.7. The first-order valence-electron chi connectivity index (χ1n) is 7.74. The number of nitrogens with zero attached hydrogens (tertiary/aromatic N) is 1. The lowest BCUT2D eigenvalue weighted by Crippen LogP contribution is -2.19. The number of carbonyl (C=O) groups excluding carboxylic acids is 1. The summed E-state index contributed by atoms with van der Waals surface area (Å²) >= 11 is 5.67. The normalized spacial score (nSPS) is 16.6. The lowest BCUT2D eigenvalue weighted by Gasteiger charge is -2.09. The lowest BCUT2D eigenvalue weighted by molar-refractivity contribution is -0.115. The van der Waals surface area contributed by atoms with Gasteiger partial charge in [0.1, 0.15) is 18.2 Å². The number of ether oxygens (including phenoxy) is 1. The molecule has 1 fully saturated rings. The molecule has 27 heavy (non-hydrogen) atoms. The molecule has 1 amide bonds. The number of amidine groups is 1. The van der Waals surface area contributed by atoms with Crippen LogP contribution >= 0.6 is 56.9 Å². The zero-order valence-corrected chi connectivity index (χ0v) is 19.0. The van der Waals surface area contributed by atoms with Gasteiger partial charge in [0, 0.05) is 0 Å². The minimum Gasteiger partial charge on any atom is -0.487 e. The lowest BCUT2D eigenvalue weighted by atomic mass is 10.2. The molecule has 2 aromatic carbocycles. The van der Waals surface area contributed by atoms with Gasteiger partial charge in [0.05, 0.1) is 17.7 Å². The second-order valence-electron chi connectivity index (χ2n) is 5.37. The van der Waals surface area contributed by atoms with Gasteiger partial charge in [-0.1, -0.05) is 12.7 Å². The molecule has 4 nitrogen and oxygen atoms in total. The second-order valence-corrected chi connectivity index (χ2v) is 8.73. The standard InChI is InChI=1S/C19H13FI2N2O2S/c1-2-7-26-17-14(21)8-11(9-15(17)22)10-16-18(25)24-19(27-16)23-13-5-3-12(20)4-6-13/h2-6,8-10H,1,7H2,(H,23,24,25). The van der Waals surface area contributed by atoms with Crippen molar-refractivity contribution in [2.75, 3.05) is 6.61 Å². The molecule has 1 N–H and O–H groups in total. The maximum atomic E-state index is 13.0. The van der Waals surface area contributed by atoms with Gasteiger partial charge in [-0.3, -0.25) is 4.79 Å². The topological polar surface area (TPSA) is 50.7 Å². The van der Waals surface area contributed by atoms with E-state index in [9.17, 15) is 9.18 Å². The zero-order chi connectivity index (χ0) is 19.4. The van der Waals surface area contributed by atoms with E-state index in [1.54, 1.807) is 18.2 Å². The molecule has 1 saturated heterocycles. The zero-order valence-electron chi connectivity index (χ0n) is 13.8. The van der Waals surface area contributed by atoms with Crippen molar-refractivity contribution in [3.8, 4) is 5.75 Å². The highest BCUT2D eigenvalue weighted by molar-refractivity contribution is 14.1. The average molecular weight is 606 g/mol. The summed E-state index contributed by atoms with van der Waals surface area (Å²) in [5.41, 5.74) is 1.48. The Hall–Kier alpha value is -1.40. The van der Waals surface area contributed by atoms with E-state index < -0.39 is 0 Å². The second kappa shape index (κ2) is 9.20. The van der Waals surface area contributed by atoms with Crippen molar-refractivity contribution in [1.82, 2.24) is 5.32 Å². The highest BCUT2D eigenvalue weighted by Crippen LogP contribution is 2.32. The van der Waals surface area contributed by atoms with Gasteiger partial charge in [-0.05, 0) is 105 Å². The molecule has 0 radical (unpaired) electrons. The Morgan fingerprint density at radius 3 is 2.52 bits per heavy atom. The van der Waals surface area contributed by atoms with Crippen molar-refractivity contribution >= 4 is 79.8 Å². The Morgan fingerprint density at radius 1 is 1.22 bits per heavy atom. The fourth-order valence-corrected chi connectivity index (χ4v) is 5.18. The van der Waals surface area contributed by atoms with Crippen molar-refractivity contribution < 1.29 is 13.9 Å². The molecule has 0 atom stereocenters. The molecule has 8 heteroatoms. The van der Waals surface area contributed by atoms with Crippen LogP contribution in [0.1, 0.15) is 5.56 Å². The SMILES string of the molecule is C=CCOc1c(I)cc(C=C2SC(=Nc3ccc(F)cc3)NC2=O)cc1I. The number of amides is 1.